The summed E-state index contributed by atoms with van der Waals surface area (Å²) in [6, 6.07) is 28.1. The summed E-state index contributed by atoms with van der Waals surface area (Å²) >= 11 is 0. The minimum atomic E-state index is -0.102. The van der Waals surface area contributed by atoms with E-state index in [4.69, 9.17) is 0 Å². The SMILES string of the molecule is Cc1ccc(-c2cc(C(=O)N3CCN(CC(C)C)CCCN(C(=O)Cc4ccccc4)c4ccccc4C3)nn2C)cc1. The lowest BCUT2D eigenvalue weighted by molar-refractivity contribution is -0.118. The highest BCUT2D eigenvalue weighted by molar-refractivity contribution is 5.96. The summed E-state index contributed by atoms with van der Waals surface area (Å²) < 4.78 is 1.78. The first kappa shape index (κ1) is 30.2. The van der Waals surface area contributed by atoms with Crippen molar-refractivity contribution in [3.63, 3.8) is 0 Å². The first-order valence-corrected chi connectivity index (χ1v) is 15.3. The van der Waals surface area contributed by atoms with Crippen molar-refractivity contribution in [3.05, 3.63) is 107 Å². The Kier molecular flexibility index (Phi) is 9.72. The minimum Gasteiger partial charge on any atom is -0.332 e. The van der Waals surface area contributed by atoms with E-state index >= 15 is 0 Å². The summed E-state index contributed by atoms with van der Waals surface area (Å²) in [6.45, 7) is 10.7. The van der Waals surface area contributed by atoms with E-state index in [9.17, 15) is 9.59 Å². The van der Waals surface area contributed by atoms with E-state index in [2.05, 4.69) is 55.0 Å². The number of carbonyl (C=O) groups excluding carboxylic acids is 2. The number of hydrogen-bond donors (Lipinski definition) is 0. The highest BCUT2D eigenvalue weighted by Crippen LogP contribution is 2.26. The Morgan fingerprint density at radius 1 is 0.860 bits per heavy atom. The van der Waals surface area contributed by atoms with Gasteiger partial charge in [0.05, 0.1) is 12.1 Å². The smallest absolute Gasteiger partial charge is 0.274 e. The van der Waals surface area contributed by atoms with Gasteiger partial charge in [-0.3, -0.25) is 14.3 Å². The predicted molar refractivity (Wildman–Crippen MR) is 173 cm³/mol. The monoisotopic (exact) mass is 577 g/mol. The molecule has 4 aromatic rings. The molecule has 2 amide bonds. The van der Waals surface area contributed by atoms with E-state index in [1.807, 2.05) is 77.5 Å². The molecule has 1 aliphatic rings. The second-order valence-corrected chi connectivity index (χ2v) is 12.0. The maximum Gasteiger partial charge on any atom is 0.274 e. The molecule has 0 N–H and O–H groups in total. The quantitative estimate of drug-likeness (QED) is 0.283. The minimum absolute atomic E-state index is 0.0682. The fourth-order valence-corrected chi connectivity index (χ4v) is 5.86. The lowest BCUT2D eigenvalue weighted by Gasteiger charge is -2.28. The van der Waals surface area contributed by atoms with Gasteiger partial charge in [-0.05, 0) is 54.6 Å². The molecular formula is C36H43N5O2. The Balaban J connectivity index is 1.47. The van der Waals surface area contributed by atoms with Gasteiger partial charge in [0.1, 0.15) is 0 Å². The van der Waals surface area contributed by atoms with E-state index in [0.29, 0.717) is 37.7 Å². The Morgan fingerprint density at radius 3 is 2.33 bits per heavy atom. The van der Waals surface area contributed by atoms with Gasteiger partial charge in [-0.1, -0.05) is 92.2 Å². The fourth-order valence-electron chi connectivity index (χ4n) is 5.86. The zero-order valence-electron chi connectivity index (χ0n) is 25.9. The number of para-hydroxylation sites is 1. The number of nitrogens with zero attached hydrogens (tertiary/aromatic N) is 5. The number of hydrogen-bond acceptors (Lipinski definition) is 4. The third-order valence-corrected chi connectivity index (χ3v) is 8.04. The maximum absolute atomic E-state index is 14.1. The van der Waals surface area contributed by atoms with Gasteiger partial charge in [0, 0.05) is 45.5 Å². The van der Waals surface area contributed by atoms with E-state index < -0.39 is 0 Å². The second-order valence-electron chi connectivity index (χ2n) is 12.0. The number of rotatable bonds is 6. The number of anilines is 1. The first-order valence-electron chi connectivity index (χ1n) is 15.3. The molecule has 0 aliphatic carbocycles. The van der Waals surface area contributed by atoms with Crippen molar-refractivity contribution >= 4 is 17.5 Å². The molecule has 0 radical (unpaired) electrons. The van der Waals surface area contributed by atoms with Gasteiger partial charge in [-0.15, -0.1) is 0 Å². The van der Waals surface area contributed by atoms with Gasteiger partial charge in [0.2, 0.25) is 5.91 Å². The van der Waals surface area contributed by atoms with Crippen LogP contribution in [0.25, 0.3) is 11.3 Å². The average Bonchev–Trinajstić information content (AvgIpc) is 3.37. The molecule has 7 heteroatoms. The Morgan fingerprint density at radius 2 is 1.58 bits per heavy atom. The Bertz CT molecular complexity index is 1530. The van der Waals surface area contributed by atoms with E-state index in [1.165, 1.54) is 5.56 Å². The molecule has 0 fully saturated rings. The number of benzene rings is 3. The van der Waals surface area contributed by atoms with Crippen molar-refractivity contribution in [2.75, 3.05) is 37.6 Å². The van der Waals surface area contributed by atoms with Crippen molar-refractivity contribution < 1.29 is 9.59 Å². The molecule has 224 valence electrons. The van der Waals surface area contributed by atoms with Crippen molar-refractivity contribution in [1.82, 2.24) is 19.6 Å². The highest BCUT2D eigenvalue weighted by Gasteiger charge is 2.26. The van der Waals surface area contributed by atoms with Crippen LogP contribution in [0.1, 0.15) is 47.4 Å². The van der Waals surface area contributed by atoms with Crippen LogP contribution in [0, 0.1) is 12.8 Å². The molecule has 2 heterocycles. The van der Waals surface area contributed by atoms with Gasteiger partial charge < -0.3 is 14.7 Å². The first-order chi connectivity index (χ1) is 20.8. The van der Waals surface area contributed by atoms with Crippen LogP contribution >= 0.6 is 0 Å². The molecule has 0 unspecified atom stereocenters. The van der Waals surface area contributed by atoms with Crippen LogP contribution < -0.4 is 4.90 Å². The normalized spacial score (nSPS) is 14.8. The summed E-state index contributed by atoms with van der Waals surface area (Å²) in [4.78, 5) is 34.2. The van der Waals surface area contributed by atoms with E-state index in [1.54, 1.807) is 4.68 Å². The van der Waals surface area contributed by atoms with Crippen molar-refractivity contribution in [3.8, 4) is 11.3 Å². The lowest BCUT2D eigenvalue weighted by Crippen LogP contribution is -2.40. The third kappa shape index (κ3) is 7.59. The van der Waals surface area contributed by atoms with Crippen LogP contribution in [-0.2, 0) is 24.8 Å². The highest BCUT2D eigenvalue weighted by atomic mass is 16.2. The zero-order valence-corrected chi connectivity index (χ0v) is 25.9. The number of aryl methyl sites for hydroxylation is 2. The van der Waals surface area contributed by atoms with E-state index in [0.717, 1.165) is 54.1 Å². The number of fused-ring (bicyclic) bond motifs is 1. The Labute approximate surface area is 255 Å². The predicted octanol–water partition coefficient (Wildman–Crippen LogP) is 5.98. The standard InChI is InChI=1S/C36H43N5O2/c1-27(2)25-39-19-10-20-41(35(42)23-29-11-6-5-7-12-29)33-14-9-8-13-31(33)26-40(22-21-39)36(43)32-24-34(38(4)37-32)30-17-15-28(3)16-18-30/h5-9,11-18,24,27H,10,19-23,25-26H2,1-4H3. The second kappa shape index (κ2) is 13.8. The molecule has 0 bridgehead atoms. The third-order valence-electron chi connectivity index (χ3n) is 8.04. The maximum atomic E-state index is 14.1. The van der Waals surface area contributed by atoms with Crippen LogP contribution in [-0.4, -0.2) is 64.1 Å². The molecule has 0 spiro atoms. The molecule has 0 saturated heterocycles. The lowest BCUT2D eigenvalue weighted by atomic mass is 10.1. The molecular weight excluding hydrogens is 534 g/mol. The summed E-state index contributed by atoms with van der Waals surface area (Å²) in [5, 5.41) is 4.66. The average molecular weight is 578 g/mol. The van der Waals surface area contributed by atoms with Gasteiger partial charge in [-0.2, -0.15) is 5.10 Å². The van der Waals surface area contributed by atoms with Crippen LogP contribution in [0.5, 0.6) is 0 Å². The van der Waals surface area contributed by atoms with Crippen molar-refractivity contribution in [2.24, 2.45) is 13.0 Å². The number of carbonyl (C=O) groups is 2. The molecule has 0 saturated carbocycles. The molecule has 7 nitrogen and oxygen atoms in total. The van der Waals surface area contributed by atoms with Crippen molar-refractivity contribution in [2.45, 2.75) is 40.2 Å². The molecule has 0 atom stereocenters. The van der Waals surface area contributed by atoms with Crippen LogP contribution in [0.4, 0.5) is 5.69 Å². The van der Waals surface area contributed by atoms with Crippen molar-refractivity contribution in [1.29, 1.82) is 0 Å². The fraction of sp³-hybridized carbons (Fsp3) is 0.361. The van der Waals surface area contributed by atoms with E-state index in [-0.39, 0.29) is 11.8 Å². The summed E-state index contributed by atoms with van der Waals surface area (Å²) in [5.74, 6) is 0.462. The molecule has 3 aromatic carbocycles. The number of amides is 2. The van der Waals surface area contributed by atoms with Gasteiger partial charge in [0.25, 0.3) is 5.91 Å². The molecule has 5 rings (SSSR count). The molecule has 43 heavy (non-hydrogen) atoms. The Hall–Kier alpha value is -4.23. The van der Waals surface area contributed by atoms with Crippen LogP contribution in [0.15, 0.2) is 84.9 Å². The topological polar surface area (TPSA) is 61.7 Å². The summed E-state index contributed by atoms with van der Waals surface area (Å²) in [5.41, 5.74) is 6.38. The van der Waals surface area contributed by atoms with Crippen LogP contribution in [0.2, 0.25) is 0 Å². The van der Waals surface area contributed by atoms with Gasteiger partial charge in [-0.25, -0.2) is 0 Å². The zero-order chi connectivity index (χ0) is 30.3. The summed E-state index contributed by atoms with van der Waals surface area (Å²) in [7, 11) is 1.88. The summed E-state index contributed by atoms with van der Waals surface area (Å²) in [6.07, 6.45) is 1.19. The van der Waals surface area contributed by atoms with Crippen LogP contribution in [0.3, 0.4) is 0 Å². The molecule has 1 aliphatic heterocycles. The van der Waals surface area contributed by atoms with Gasteiger partial charge >= 0.3 is 0 Å². The largest absolute Gasteiger partial charge is 0.332 e. The molecule has 1 aromatic heterocycles. The number of aromatic nitrogens is 2. The van der Waals surface area contributed by atoms with Gasteiger partial charge in [0.15, 0.2) is 5.69 Å².